The first kappa shape index (κ1) is 15.0. The lowest BCUT2D eigenvalue weighted by molar-refractivity contribution is 0.0792. The van der Waals surface area contributed by atoms with Gasteiger partial charge >= 0.3 is 0 Å². The lowest BCUT2D eigenvalue weighted by Gasteiger charge is -2.18. The number of benzene rings is 1. The molecule has 0 saturated carbocycles. The molecular formula is C15H25NO2. The van der Waals surface area contributed by atoms with Crippen LogP contribution in [0, 0.1) is 0 Å². The van der Waals surface area contributed by atoms with Crippen LogP contribution in [0.5, 0.6) is 5.75 Å². The summed E-state index contributed by atoms with van der Waals surface area (Å²) in [6.45, 7) is 7.93. The molecule has 1 aromatic rings. The van der Waals surface area contributed by atoms with Gasteiger partial charge in [0.15, 0.2) is 0 Å². The van der Waals surface area contributed by atoms with Gasteiger partial charge in [0.1, 0.15) is 5.75 Å². The van der Waals surface area contributed by atoms with Crippen molar-refractivity contribution in [1.82, 2.24) is 5.32 Å². The van der Waals surface area contributed by atoms with Gasteiger partial charge in [-0.25, -0.2) is 0 Å². The maximum absolute atomic E-state index is 5.53. The molecule has 0 fully saturated rings. The monoisotopic (exact) mass is 251 g/mol. The van der Waals surface area contributed by atoms with E-state index in [4.69, 9.17) is 9.47 Å². The van der Waals surface area contributed by atoms with E-state index in [1.807, 2.05) is 12.1 Å². The highest BCUT2D eigenvalue weighted by Gasteiger charge is 2.08. The Balaban J connectivity index is 2.44. The summed E-state index contributed by atoms with van der Waals surface area (Å²) >= 11 is 0. The fourth-order valence-corrected chi connectivity index (χ4v) is 1.86. The third-order valence-electron chi connectivity index (χ3n) is 2.87. The number of hydrogen-bond donors (Lipinski definition) is 1. The Hall–Kier alpha value is -1.06. The molecule has 0 spiro atoms. The van der Waals surface area contributed by atoms with Crippen molar-refractivity contribution in [3.63, 3.8) is 0 Å². The minimum atomic E-state index is 0.299. The molecule has 1 rings (SSSR count). The van der Waals surface area contributed by atoms with Gasteiger partial charge in [0.05, 0.1) is 19.8 Å². The number of methoxy groups -OCH3 is 1. The van der Waals surface area contributed by atoms with Crippen LogP contribution >= 0.6 is 0 Å². The Kier molecular flexibility index (Phi) is 6.76. The van der Waals surface area contributed by atoms with Crippen LogP contribution in [0.4, 0.5) is 0 Å². The van der Waals surface area contributed by atoms with E-state index >= 15 is 0 Å². The summed E-state index contributed by atoms with van der Waals surface area (Å²) < 4.78 is 10.7. The third kappa shape index (κ3) is 5.07. The molecule has 3 heteroatoms. The lowest BCUT2D eigenvalue weighted by Crippen LogP contribution is -2.25. The smallest absolute Gasteiger partial charge is 0.118 e. The molecule has 0 aliphatic heterocycles. The predicted molar refractivity (Wildman–Crippen MR) is 75.1 cm³/mol. The second-order valence-corrected chi connectivity index (χ2v) is 4.61. The molecule has 1 aromatic carbocycles. The first-order valence-corrected chi connectivity index (χ1v) is 6.66. The summed E-state index contributed by atoms with van der Waals surface area (Å²) in [5.74, 6) is 0.900. The van der Waals surface area contributed by atoms with E-state index in [1.165, 1.54) is 5.56 Å². The van der Waals surface area contributed by atoms with Gasteiger partial charge < -0.3 is 14.8 Å². The topological polar surface area (TPSA) is 30.5 Å². The third-order valence-corrected chi connectivity index (χ3v) is 2.87. The molecule has 18 heavy (non-hydrogen) atoms. The normalized spacial score (nSPS) is 12.7. The van der Waals surface area contributed by atoms with Gasteiger partial charge in [0.2, 0.25) is 0 Å². The van der Waals surface area contributed by atoms with E-state index in [1.54, 1.807) is 7.11 Å². The second kappa shape index (κ2) is 8.11. The Labute approximate surface area is 110 Å². The maximum atomic E-state index is 5.53. The standard InChI is InChI=1S/C15H25NO2/c1-5-15(16-10-11-18-12(2)3)13-6-8-14(17-4)9-7-13/h6-9,12,15-16H,5,10-11H2,1-4H3. The van der Waals surface area contributed by atoms with E-state index in [0.717, 1.165) is 25.3 Å². The van der Waals surface area contributed by atoms with Crippen molar-refractivity contribution in [2.45, 2.75) is 39.3 Å². The number of ether oxygens (including phenoxy) is 2. The van der Waals surface area contributed by atoms with Crippen LogP contribution in [0.25, 0.3) is 0 Å². The molecule has 0 heterocycles. The molecule has 1 N–H and O–H groups in total. The Bertz CT molecular complexity index is 322. The van der Waals surface area contributed by atoms with Crippen molar-refractivity contribution in [2.24, 2.45) is 0 Å². The van der Waals surface area contributed by atoms with Gasteiger partial charge in [0, 0.05) is 12.6 Å². The average Bonchev–Trinajstić information content (AvgIpc) is 2.39. The van der Waals surface area contributed by atoms with Crippen LogP contribution in [-0.2, 0) is 4.74 Å². The fraction of sp³-hybridized carbons (Fsp3) is 0.600. The van der Waals surface area contributed by atoms with Crippen molar-refractivity contribution in [1.29, 1.82) is 0 Å². The van der Waals surface area contributed by atoms with Crippen LogP contribution in [-0.4, -0.2) is 26.4 Å². The van der Waals surface area contributed by atoms with E-state index in [0.29, 0.717) is 12.1 Å². The average molecular weight is 251 g/mol. The molecule has 0 radical (unpaired) electrons. The van der Waals surface area contributed by atoms with Gasteiger partial charge in [0.25, 0.3) is 0 Å². The van der Waals surface area contributed by atoms with Gasteiger partial charge in [-0.1, -0.05) is 19.1 Å². The molecule has 0 saturated heterocycles. The molecule has 102 valence electrons. The summed E-state index contributed by atoms with van der Waals surface area (Å²) in [5.41, 5.74) is 1.29. The SMILES string of the molecule is CCC(NCCOC(C)C)c1ccc(OC)cc1. The molecular weight excluding hydrogens is 226 g/mol. The zero-order valence-corrected chi connectivity index (χ0v) is 11.9. The largest absolute Gasteiger partial charge is 0.497 e. The van der Waals surface area contributed by atoms with E-state index < -0.39 is 0 Å². The molecule has 1 atom stereocenters. The van der Waals surface area contributed by atoms with Crippen molar-refractivity contribution in [3.05, 3.63) is 29.8 Å². The molecule has 0 aromatic heterocycles. The highest BCUT2D eigenvalue weighted by atomic mass is 16.5. The van der Waals surface area contributed by atoms with Gasteiger partial charge in [-0.3, -0.25) is 0 Å². The highest BCUT2D eigenvalue weighted by Crippen LogP contribution is 2.19. The van der Waals surface area contributed by atoms with Crippen LogP contribution in [0.3, 0.4) is 0 Å². The number of nitrogens with one attached hydrogen (secondary N) is 1. The summed E-state index contributed by atoms with van der Waals surface area (Å²) in [4.78, 5) is 0. The zero-order valence-electron chi connectivity index (χ0n) is 11.9. The van der Waals surface area contributed by atoms with Crippen LogP contribution in [0.15, 0.2) is 24.3 Å². The minimum absolute atomic E-state index is 0.299. The van der Waals surface area contributed by atoms with E-state index in [9.17, 15) is 0 Å². The molecule has 0 aliphatic rings. The Morgan fingerprint density at radius 3 is 2.33 bits per heavy atom. The van der Waals surface area contributed by atoms with Crippen LogP contribution in [0.2, 0.25) is 0 Å². The highest BCUT2D eigenvalue weighted by molar-refractivity contribution is 5.29. The van der Waals surface area contributed by atoms with Crippen LogP contribution < -0.4 is 10.1 Å². The summed E-state index contributed by atoms with van der Waals surface area (Å²) in [6.07, 6.45) is 1.36. The first-order chi connectivity index (χ1) is 8.67. The second-order valence-electron chi connectivity index (χ2n) is 4.61. The van der Waals surface area contributed by atoms with E-state index in [2.05, 4.69) is 38.2 Å². The summed E-state index contributed by atoms with van der Waals surface area (Å²) in [6, 6.07) is 8.62. The maximum Gasteiger partial charge on any atom is 0.118 e. The molecule has 0 bridgehead atoms. The summed E-state index contributed by atoms with van der Waals surface area (Å²) in [5, 5.41) is 3.51. The Morgan fingerprint density at radius 1 is 1.17 bits per heavy atom. The van der Waals surface area contributed by atoms with E-state index in [-0.39, 0.29) is 0 Å². The zero-order chi connectivity index (χ0) is 13.4. The van der Waals surface area contributed by atoms with Crippen LogP contribution in [0.1, 0.15) is 38.8 Å². The number of rotatable bonds is 8. The Morgan fingerprint density at radius 2 is 1.83 bits per heavy atom. The fourth-order valence-electron chi connectivity index (χ4n) is 1.86. The van der Waals surface area contributed by atoms with Gasteiger partial charge in [-0.2, -0.15) is 0 Å². The molecule has 0 amide bonds. The van der Waals surface area contributed by atoms with Crippen molar-refractivity contribution in [2.75, 3.05) is 20.3 Å². The first-order valence-electron chi connectivity index (χ1n) is 6.66. The molecule has 0 aliphatic carbocycles. The van der Waals surface area contributed by atoms with Gasteiger partial charge in [-0.05, 0) is 38.0 Å². The quantitative estimate of drug-likeness (QED) is 0.720. The predicted octanol–water partition coefficient (Wildman–Crippen LogP) is 3.16. The molecule has 1 unspecified atom stereocenters. The van der Waals surface area contributed by atoms with Crippen molar-refractivity contribution >= 4 is 0 Å². The summed E-state index contributed by atoms with van der Waals surface area (Å²) in [7, 11) is 1.69. The van der Waals surface area contributed by atoms with Crippen molar-refractivity contribution < 1.29 is 9.47 Å². The van der Waals surface area contributed by atoms with Crippen molar-refractivity contribution in [3.8, 4) is 5.75 Å². The van der Waals surface area contributed by atoms with Gasteiger partial charge in [-0.15, -0.1) is 0 Å². The number of hydrogen-bond acceptors (Lipinski definition) is 3. The molecule has 3 nitrogen and oxygen atoms in total. The lowest BCUT2D eigenvalue weighted by atomic mass is 10.0. The minimum Gasteiger partial charge on any atom is -0.497 e.